The molecule has 6 nitrogen and oxygen atoms in total. The molecular weight excluding hydrogens is 304 g/mol. The van der Waals surface area contributed by atoms with E-state index in [1.165, 1.54) is 0 Å². The molecule has 1 rings (SSSR count). The highest BCUT2D eigenvalue weighted by Gasteiger charge is 2.10. The quantitative estimate of drug-likeness (QED) is 0.671. The molecule has 0 aromatic heterocycles. The van der Waals surface area contributed by atoms with E-state index in [4.69, 9.17) is 0 Å². The van der Waals surface area contributed by atoms with Crippen molar-refractivity contribution in [1.29, 1.82) is 0 Å². The Bertz CT molecular complexity index is 559. The predicted molar refractivity (Wildman–Crippen MR) is 99.7 cm³/mol. The molecule has 0 aliphatic heterocycles. The first kappa shape index (κ1) is 19.8. The number of hydrogen-bond donors (Lipinski definition) is 3. The Morgan fingerprint density at radius 2 is 1.58 bits per heavy atom. The molecule has 0 unspecified atom stereocenters. The van der Waals surface area contributed by atoms with Crippen LogP contribution in [0.4, 0.5) is 16.2 Å². The largest absolute Gasteiger partial charge is 0.378 e. The number of carbonyl (C=O) groups is 2. The van der Waals surface area contributed by atoms with Gasteiger partial charge in [0, 0.05) is 44.5 Å². The minimum atomic E-state index is -0.228. The summed E-state index contributed by atoms with van der Waals surface area (Å²) in [6, 6.07) is 3.86. The summed E-state index contributed by atoms with van der Waals surface area (Å²) in [5.74, 6) is 0.0176. The van der Waals surface area contributed by atoms with Crippen molar-refractivity contribution < 1.29 is 9.59 Å². The molecule has 0 aliphatic carbocycles. The third kappa shape index (κ3) is 6.10. The van der Waals surface area contributed by atoms with Gasteiger partial charge < -0.3 is 20.9 Å². The van der Waals surface area contributed by atoms with Gasteiger partial charge in [0.25, 0.3) is 0 Å². The zero-order valence-corrected chi connectivity index (χ0v) is 15.6. The van der Waals surface area contributed by atoms with Crippen LogP contribution in [0.3, 0.4) is 0 Å². The van der Waals surface area contributed by atoms with Gasteiger partial charge in [0.1, 0.15) is 0 Å². The highest BCUT2D eigenvalue weighted by atomic mass is 16.2. The molecule has 3 amide bonds. The van der Waals surface area contributed by atoms with Crippen molar-refractivity contribution in [1.82, 2.24) is 10.6 Å². The smallest absolute Gasteiger partial charge is 0.319 e. The summed E-state index contributed by atoms with van der Waals surface area (Å²) in [5, 5.41) is 8.55. The van der Waals surface area contributed by atoms with Gasteiger partial charge in [-0.2, -0.15) is 0 Å². The van der Waals surface area contributed by atoms with Crippen LogP contribution >= 0.6 is 0 Å². The van der Waals surface area contributed by atoms with E-state index in [0.29, 0.717) is 19.5 Å². The third-order valence-electron chi connectivity index (χ3n) is 3.74. The van der Waals surface area contributed by atoms with Gasteiger partial charge in [-0.25, -0.2) is 4.79 Å². The summed E-state index contributed by atoms with van der Waals surface area (Å²) in [7, 11) is 3.98. The fourth-order valence-corrected chi connectivity index (χ4v) is 2.26. The van der Waals surface area contributed by atoms with Crippen LogP contribution in [0.5, 0.6) is 0 Å². The molecule has 1 aromatic carbocycles. The minimum Gasteiger partial charge on any atom is -0.378 e. The number of anilines is 2. The van der Waals surface area contributed by atoms with E-state index in [-0.39, 0.29) is 17.9 Å². The molecule has 0 radical (unpaired) electrons. The molecule has 0 fully saturated rings. The lowest BCUT2D eigenvalue weighted by atomic mass is 10.1. The Morgan fingerprint density at radius 3 is 2.08 bits per heavy atom. The van der Waals surface area contributed by atoms with Crippen LogP contribution in [0.15, 0.2) is 12.1 Å². The van der Waals surface area contributed by atoms with E-state index in [0.717, 1.165) is 22.5 Å². The number of nitrogens with zero attached hydrogens (tertiary/aromatic N) is 1. The SMILES string of the molecule is Cc1cc(N(C)C)cc(C)c1NC(=O)NCCCNC(=O)C(C)C. The molecule has 0 atom stereocenters. The van der Waals surface area contributed by atoms with Crippen molar-refractivity contribution in [2.75, 3.05) is 37.4 Å². The molecule has 0 saturated heterocycles. The maximum Gasteiger partial charge on any atom is 0.319 e. The zero-order chi connectivity index (χ0) is 18.3. The molecule has 0 aliphatic rings. The summed E-state index contributed by atoms with van der Waals surface area (Å²) in [5.41, 5.74) is 4.00. The fourth-order valence-electron chi connectivity index (χ4n) is 2.26. The van der Waals surface area contributed by atoms with Crippen molar-refractivity contribution in [3.8, 4) is 0 Å². The lowest BCUT2D eigenvalue weighted by Crippen LogP contribution is -2.34. The Hall–Kier alpha value is -2.24. The van der Waals surface area contributed by atoms with Crippen LogP contribution in [0.2, 0.25) is 0 Å². The van der Waals surface area contributed by atoms with E-state index < -0.39 is 0 Å². The molecule has 24 heavy (non-hydrogen) atoms. The first-order valence-electron chi connectivity index (χ1n) is 8.33. The molecule has 134 valence electrons. The van der Waals surface area contributed by atoms with Crippen LogP contribution in [0, 0.1) is 19.8 Å². The van der Waals surface area contributed by atoms with Crippen LogP contribution in [0.25, 0.3) is 0 Å². The van der Waals surface area contributed by atoms with Crippen molar-refractivity contribution in [2.24, 2.45) is 5.92 Å². The summed E-state index contributed by atoms with van der Waals surface area (Å²) in [6.07, 6.45) is 0.698. The molecule has 0 bridgehead atoms. The first-order valence-corrected chi connectivity index (χ1v) is 8.33. The van der Waals surface area contributed by atoms with Crippen LogP contribution < -0.4 is 20.9 Å². The molecular formula is C18H30N4O2. The molecule has 6 heteroatoms. The van der Waals surface area contributed by atoms with E-state index in [9.17, 15) is 9.59 Å². The molecule has 3 N–H and O–H groups in total. The third-order valence-corrected chi connectivity index (χ3v) is 3.74. The Balaban J connectivity index is 2.44. The molecule has 0 heterocycles. The zero-order valence-electron chi connectivity index (χ0n) is 15.6. The van der Waals surface area contributed by atoms with Crippen LogP contribution in [0.1, 0.15) is 31.4 Å². The standard InChI is InChI=1S/C18H30N4O2/c1-12(2)17(23)19-8-7-9-20-18(24)21-16-13(3)10-15(22(5)6)11-14(16)4/h10-12H,7-9H2,1-6H3,(H,19,23)(H2,20,21,24). The van der Waals surface area contributed by atoms with Gasteiger partial charge in [0.2, 0.25) is 5.91 Å². The summed E-state index contributed by atoms with van der Waals surface area (Å²) in [6.45, 7) is 8.75. The number of aryl methyl sites for hydroxylation is 2. The molecule has 1 aromatic rings. The van der Waals surface area contributed by atoms with Gasteiger partial charge in [-0.05, 0) is 43.5 Å². The topological polar surface area (TPSA) is 73.5 Å². The van der Waals surface area contributed by atoms with Crippen LogP contribution in [-0.2, 0) is 4.79 Å². The van der Waals surface area contributed by atoms with Crippen molar-refractivity contribution >= 4 is 23.3 Å². The Morgan fingerprint density at radius 1 is 1.04 bits per heavy atom. The highest BCUT2D eigenvalue weighted by molar-refractivity contribution is 5.91. The summed E-state index contributed by atoms with van der Waals surface area (Å²) >= 11 is 0. The fraction of sp³-hybridized carbons (Fsp3) is 0.556. The number of rotatable bonds is 7. The summed E-state index contributed by atoms with van der Waals surface area (Å²) in [4.78, 5) is 25.5. The second kappa shape index (κ2) is 9.15. The Labute approximate surface area is 145 Å². The van der Waals surface area contributed by atoms with E-state index in [2.05, 4.69) is 16.0 Å². The monoisotopic (exact) mass is 334 g/mol. The normalized spacial score (nSPS) is 10.5. The van der Waals surface area contributed by atoms with E-state index >= 15 is 0 Å². The number of urea groups is 1. The highest BCUT2D eigenvalue weighted by Crippen LogP contribution is 2.26. The lowest BCUT2D eigenvalue weighted by molar-refractivity contribution is -0.123. The van der Waals surface area contributed by atoms with Crippen molar-refractivity contribution in [3.63, 3.8) is 0 Å². The van der Waals surface area contributed by atoms with Crippen molar-refractivity contribution in [3.05, 3.63) is 23.3 Å². The molecule has 0 saturated carbocycles. The average molecular weight is 334 g/mol. The van der Waals surface area contributed by atoms with E-state index in [1.54, 1.807) is 0 Å². The van der Waals surface area contributed by atoms with Crippen molar-refractivity contribution in [2.45, 2.75) is 34.1 Å². The van der Waals surface area contributed by atoms with E-state index in [1.807, 2.05) is 58.8 Å². The molecule has 0 spiro atoms. The van der Waals surface area contributed by atoms with Crippen LogP contribution in [-0.4, -0.2) is 39.1 Å². The van der Waals surface area contributed by atoms with Gasteiger partial charge in [-0.15, -0.1) is 0 Å². The maximum absolute atomic E-state index is 12.0. The second-order valence-electron chi connectivity index (χ2n) is 6.53. The number of amides is 3. The van der Waals surface area contributed by atoms with Gasteiger partial charge in [0.15, 0.2) is 0 Å². The average Bonchev–Trinajstić information content (AvgIpc) is 2.49. The summed E-state index contributed by atoms with van der Waals surface area (Å²) < 4.78 is 0. The lowest BCUT2D eigenvalue weighted by Gasteiger charge is -2.18. The maximum atomic E-state index is 12.0. The minimum absolute atomic E-state index is 0.0163. The number of carbonyl (C=O) groups excluding carboxylic acids is 2. The van der Waals surface area contributed by atoms with Gasteiger partial charge in [-0.1, -0.05) is 13.8 Å². The second-order valence-corrected chi connectivity index (χ2v) is 6.53. The first-order chi connectivity index (χ1) is 11.2. The number of nitrogens with one attached hydrogen (secondary N) is 3. The van der Waals surface area contributed by atoms with Gasteiger partial charge >= 0.3 is 6.03 Å². The van der Waals surface area contributed by atoms with Gasteiger partial charge in [-0.3, -0.25) is 4.79 Å². The van der Waals surface area contributed by atoms with Gasteiger partial charge in [0.05, 0.1) is 0 Å². The predicted octanol–water partition coefficient (Wildman–Crippen LogP) is 2.65. The number of benzene rings is 1. The number of hydrogen-bond acceptors (Lipinski definition) is 3. The Kier molecular flexibility index (Phi) is 7.55.